The van der Waals surface area contributed by atoms with E-state index in [4.69, 9.17) is 47.8 Å². The summed E-state index contributed by atoms with van der Waals surface area (Å²) in [5.74, 6) is 1.79. The first kappa shape index (κ1) is 67.3. The third kappa shape index (κ3) is 20.4. The number of phenolic OH excluding ortho intramolecular Hbond substituents is 1. The first-order valence-electron chi connectivity index (χ1n) is 28.0. The van der Waals surface area contributed by atoms with Crippen LogP contribution in [0, 0.1) is 5.92 Å². The molecule has 16 heteroatoms. The number of fused-ring (bicyclic) bond motifs is 6. The Morgan fingerprint density at radius 2 is 0.943 bits per heavy atom. The van der Waals surface area contributed by atoms with Crippen molar-refractivity contribution in [3.63, 3.8) is 0 Å². The van der Waals surface area contributed by atoms with E-state index in [1.54, 1.807) is 86.1 Å². The van der Waals surface area contributed by atoms with Crippen LogP contribution in [0.4, 0.5) is 0 Å². The van der Waals surface area contributed by atoms with E-state index in [1.165, 1.54) is 5.56 Å². The summed E-state index contributed by atoms with van der Waals surface area (Å²) in [7, 11) is 0. The highest BCUT2D eigenvalue weighted by molar-refractivity contribution is 9.11. The molecule has 12 nitrogen and oxygen atoms in total. The van der Waals surface area contributed by atoms with Crippen LogP contribution < -0.4 is 16.2 Å². The van der Waals surface area contributed by atoms with Crippen LogP contribution in [0.5, 0.6) is 11.5 Å². The molecule has 0 saturated heterocycles. The lowest BCUT2D eigenvalue weighted by Gasteiger charge is -2.09. The molecule has 14 aromatic rings. The van der Waals surface area contributed by atoms with E-state index < -0.39 is 0 Å². The monoisotopic (exact) mass is 1430 g/mol. The number of halogens is 4. The minimum atomic E-state index is 0.112. The number of carbonyl (C=O) groups is 2. The van der Waals surface area contributed by atoms with Gasteiger partial charge in [0.15, 0.2) is 6.29 Å². The summed E-state index contributed by atoms with van der Waals surface area (Å²) < 4.78 is 40.7. The van der Waals surface area contributed by atoms with Gasteiger partial charge in [0.1, 0.15) is 51.3 Å². The smallest absolute Gasteiger partial charge is 0.150 e. The number of phenols is 1. The third-order valence-electron chi connectivity index (χ3n) is 13.0. The first-order chi connectivity index (χ1) is 42.7. The molecule has 0 aliphatic rings. The maximum absolute atomic E-state index is 10.5. The minimum Gasteiger partial charge on any atom is -0.508 e. The van der Waals surface area contributed by atoms with Crippen molar-refractivity contribution in [1.29, 1.82) is 0 Å². The van der Waals surface area contributed by atoms with Crippen molar-refractivity contribution in [2.24, 2.45) is 17.4 Å². The van der Waals surface area contributed by atoms with Gasteiger partial charge in [-0.15, -0.1) is 0 Å². The van der Waals surface area contributed by atoms with E-state index in [0.717, 1.165) is 127 Å². The summed E-state index contributed by atoms with van der Waals surface area (Å²) in [6, 6.07) is 61.3. The molecule has 0 amide bonds. The zero-order chi connectivity index (χ0) is 62.8. The fourth-order valence-corrected chi connectivity index (χ4v) is 9.93. The molecule has 14 rings (SSSR count). The Morgan fingerprint density at radius 3 is 1.51 bits per heavy atom. The minimum absolute atomic E-state index is 0.112. The van der Waals surface area contributed by atoms with E-state index in [2.05, 4.69) is 104 Å². The van der Waals surface area contributed by atoms with Gasteiger partial charge in [0, 0.05) is 73.4 Å². The number of ether oxygens (including phenoxy) is 1. The van der Waals surface area contributed by atoms with Crippen molar-refractivity contribution >= 4 is 142 Å². The van der Waals surface area contributed by atoms with Crippen molar-refractivity contribution < 1.29 is 45.9 Å². The maximum Gasteiger partial charge on any atom is 0.150 e. The van der Waals surface area contributed by atoms with Crippen LogP contribution in [-0.2, 0) is 0 Å². The number of aromatic hydroxyl groups is 1. The topological polar surface area (TPSA) is 194 Å². The molecule has 0 radical (unpaired) electrons. The SMILES string of the molecule is Brc1ccc2ccoc2c1.Brc1cccc2occc12.CC(C)COc1cccc(Br)c1.CCC(N)c1ccc2ccoc2c1.CCC(N)c1cccc2occc12.O=Cc1ccc2ccoc2c1.O=Cc1cccc2occc12.Oc1cccc(Br)c1. The van der Waals surface area contributed by atoms with Crippen LogP contribution in [0.2, 0.25) is 0 Å². The molecule has 6 heterocycles. The van der Waals surface area contributed by atoms with E-state index in [9.17, 15) is 9.59 Å². The average molecular weight is 1440 g/mol. The number of nitrogens with two attached hydrogens (primary N) is 2. The molecule has 2 unspecified atom stereocenters. The Morgan fingerprint density at radius 1 is 0.455 bits per heavy atom. The molecule has 0 aliphatic heterocycles. The summed E-state index contributed by atoms with van der Waals surface area (Å²) in [5, 5.41) is 15.2. The van der Waals surface area contributed by atoms with Crippen LogP contribution in [-0.4, -0.2) is 24.3 Å². The van der Waals surface area contributed by atoms with E-state index in [0.29, 0.717) is 22.8 Å². The van der Waals surface area contributed by atoms with Crippen LogP contribution in [0.25, 0.3) is 65.8 Å². The second-order valence-electron chi connectivity index (χ2n) is 19.9. The van der Waals surface area contributed by atoms with Gasteiger partial charge in [-0.3, -0.25) is 9.59 Å². The van der Waals surface area contributed by atoms with Crippen LogP contribution in [0.15, 0.2) is 276 Å². The molecular formula is C72H66Br4N2O10. The first-order valence-corrected chi connectivity index (χ1v) is 31.2. The second-order valence-corrected chi connectivity index (χ2v) is 23.5. The molecule has 88 heavy (non-hydrogen) atoms. The summed E-state index contributed by atoms with van der Waals surface area (Å²) >= 11 is 13.4. The Kier molecular flexibility index (Phi) is 26.7. The van der Waals surface area contributed by atoms with Crippen LogP contribution >= 0.6 is 63.7 Å². The molecule has 5 N–H and O–H groups in total. The molecule has 0 aliphatic carbocycles. The van der Waals surface area contributed by atoms with Gasteiger partial charge in [-0.25, -0.2) is 0 Å². The van der Waals surface area contributed by atoms with Gasteiger partial charge < -0.3 is 47.8 Å². The number of furan rings is 6. The molecular weight excluding hydrogens is 1370 g/mol. The molecule has 0 spiro atoms. The Balaban J connectivity index is 0.000000144. The predicted octanol–water partition coefficient (Wildman–Crippen LogP) is 22.2. The van der Waals surface area contributed by atoms with E-state index >= 15 is 0 Å². The van der Waals surface area contributed by atoms with Gasteiger partial charge in [-0.05, 0) is 151 Å². The lowest BCUT2D eigenvalue weighted by atomic mass is 10.0. The van der Waals surface area contributed by atoms with Crippen molar-refractivity contribution in [2.75, 3.05) is 6.61 Å². The standard InChI is InChI=1S/2C11H13NO.C10H13BrO.2C9H6O2.2C8H5BrO.C6H5BrO/c1-2-10(12)9-4-3-8-5-6-13-11(8)7-9;1-2-10(12)8-4-3-5-11-9(8)6-7-13-11;1-8(2)7-12-10-5-3-4-9(11)6-10;10-6-7-1-2-8-3-4-11-9(8)5-7;10-6-7-2-1-3-9-8(7)4-5-11-9;9-7-2-1-6-3-4-10-8(6)5-7;9-7-2-1-3-8-6(7)4-5-10-8;7-5-2-1-3-6(8)4-5/h2*3-7,10H,2,12H2,1H3;3-6,8H,7H2,1-2H3;2*1-6H;2*1-5H;1-4,8H. The molecule has 0 saturated carbocycles. The Hall–Kier alpha value is -8.22. The Bertz CT molecular complexity index is 4360. The lowest BCUT2D eigenvalue weighted by molar-refractivity contribution is 0.111. The molecule has 452 valence electrons. The van der Waals surface area contributed by atoms with Gasteiger partial charge in [-0.1, -0.05) is 164 Å². The van der Waals surface area contributed by atoms with E-state index in [-0.39, 0.29) is 12.1 Å². The van der Waals surface area contributed by atoms with Gasteiger partial charge in [-0.2, -0.15) is 0 Å². The fraction of sp³-hybridized carbons (Fsp3) is 0.139. The fourth-order valence-electron chi connectivity index (χ4n) is 8.34. The molecule has 6 aromatic heterocycles. The number of rotatable bonds is 9. The lowest BCUT2D eigenvalue weighted by Crippen LogP contribution is -2.08. The number of carbonyl (C=O) groups excluding carboxylic acids is 2. The normalized spacial score (nSPS) is 11.1. The highest BCUT2D eigenvalue weighted by Gasteiger charge is 2.09. The van der Waals surface area contributed by atoms with Gasteiger partial charge >= 0.3 is 0 Å². The van der Waals surface area contributed by atoms with E-state index in [1.807, 2.05) is 133 Å². The summed E-state index contributed by atoms with van der Waals surface area (Å²) in [5.41, 5.74) is 20.7. The third-order valence-corrected chi connectivity index (χ3v) is 15.2. The highest BCUT2D eigenvalue weighted by atomic mass is 79.9. The summed E-state index contributed by atoms with van der Waals surface area (Å²) in [6.45, 7) is 9.22. The molecule has 0 bridgehead atoms. The number of hydrogen-bond acceptors (Lipinski definition) is 12. The zero-order valence-electron chi connectivity index (χ0n) is 48.7. The molecule has 8 aromatic carbocycles. The van der Waals surface area contributed by atoms with Crippen LogP contribution in [0.3, 0.4) is 0 Å². The quantitative estimate of drug-likeness (QED) is 0.116. The van der Waals surface area contributed by atoms with Crippen molar-refractivity contribution in [2.45, 2.75) is 52.6 Å². The van der Waals surface area contributed by atoms with Gasteiger partial charge in [0.05, 0.1) is 44.2 Å². The zero-order valence-corrected chi connectivity index (χ0v) is 55.1. The predicted molar refractivity (Wildman–Crippen MR) is 368 cm³/mol. The van der Waals surface area contributed by atoms with Gasteiger partial charge in [0.2, 0.25) is 0 Å². The number of benzene rings is 8. The number of hydrogen-bond donors (Lipinski definition) is 3. The summed E-state index contributed by atoms with van der Waals surface area (Å²) in [4.78, 5) is 20.8. The second kappa shape index (κ2) is 34.9. The largest absolute Gasteiger partial charge is 0.508 e. The van der Waals surface area contributed by atoms with Crippen molar-refractivity contribution in [1.82, 2.24) is 0 Å². The average Bonchev–Trinajstić information content (AvgIpc) is 3.90. The van der Waals surface area contributed by atoms with Gasteiger partial charge in [0.25, 0.3) is 0 Å². The Labute approximate surface area is 543 Å². The van der Waals surface area contributed by atoms with Crippen LogP contribution in [0.1, 0.15) is 84.5 Å². The van der Waals surface area contributed by atoms with Crippen molar-refractivity contribution in [3.8, 4) is 11.5 Å². The molecule has 0 fully saturated rings. The highest BCUT2D eigenvalue weighted by Crippen LogP contribution is 2.28. The number of aldehydes is 2. The summed E-state index contributed by atoms with van der Waals surface area (Å²) in [6.07, 6.45) is 13.5. The molecule has 2 atom stereocenters. The maximum atomic E-state index is 10.5. The van der Waals surface area contributed by atoms with Crippen molar-refractivity contribution in [3.05, 3.63) is 272 Å².